The van der Waals surface area contributed by atoms with Gasteiger partial charge in [-0.05, 0) is 30.0 Å². The third kappa shape index (κ3) is 2.97. The summed E-state index contributed by atoms with van der Waals surface area (Å²) in [6, 6.07) is 5.51. The number of hydrogen-bond acceptors (Lipinski definition) is 6. The fourth-order valence-corrected chi connectivity index (χ4v) is 4.04. The average Bonchev–Trinajstić information content (AvgIpc) is 3.07. The molecule has 0 unspecified atom stereocenters. The number of rotatable bonds is 4. The Balaban J connectivity index is 1.85. The smallest absolute Gasteiger partial charge is 0.226 e. The molecule has 0 radical (unpaired) electrons. The highest BCUT2D eigenvalue weighted by Gasteiger charge is 2.44. The van der Waals surface area contributed by atoms with Crippen molar-refractivity contribution in [2.75, 3.05) is 19.0 Å². The molecule has 2 heterocycles. The Morgan fingerprint density at radius 3 is 2.89 bits per heavy atom. The highest BCUT2D eigenvalue weighted by atomic mass is 16.5. The highest BCUT2D eigenvalue weighted by Crippen LogP contribution is 2.46. The van der Waals surface area contributed by atoms with Crippen molar-refractivity contribution in [3.63, 3.8) is 0 Å². The monoisotopic (exact) mass is 368 g/mol. The molecule has 4 rings (SSSR count). The molecule has 0 saturated heterocycles. The van der Waals surface area contributed by atoms with Crippen LogP contribution in [0.1, 0.15) is 38.8 Å². The van der Waals surface area contributed by atoms with Crippen LogP contribution in [0.3, 0.4) is 0 Å². The molecule has 2 aliphatic rings. The zero-order chi connectivity index (χ0) is 19.2. The molecule has 7 nitrogen and oxygen atoms in total. The van der Waals surface area contributed by atoms with Gasteiger partial charge in [0.15, 0.2) is 11.5 Å². The lowest BCUT2D eigenvalue weighted by Gasteiger charge is -2.40. The van der Waals surface area contributed by atoms with Crippen LogP contribution in [-0.4, -0.2) is 34.3 Å². The quantitative estimate of drug-likeness (QED) is 0.893. The Labute approximate surface area is 158 Å². The molecule has 2 aromatic rings. The molecule has 1 aliphatic heterocycles. The molecule has 1 N–H and O–H groups in total. The van der Waals surface area contributed by atoms with Crippen LogP contribution in [0.25, 0.3) is 0 Å². The standard InChI is InChI=1S/C20H24N4O3/c1-5-27-15-7-6-12(8-16(15)26-4)18-17-13(9-20(2,3)10-14(17)25)23-19-21-11-22-24(18)19/h6-9,11,17-18H,5,10H2,1-4H3,(H,21,22,23)/t17-,18-/m0/s1. The van der Waals surface area contributed by atoms with Gasteiger partial charge in [0, 0.05) is 12.1 Å². The van der Waals surface area contributed by atoms with Gasteiger partial charge in [-0.3, -0.25) is 4.79 Å². The second kappa shape index (κ2) is 6.40. The number of methoxy groups -OCH3 is 1. The highest BCUT2D eigenvalue weighted by molar-refractivity contribution is 5.88. The number of nitrogens with one attached hydrogen (secondary N) is 1. The number of allylic oxidation sites excluding steroid dienone is 2. The summed E-state index contributed by atoms with van der Waals surface area (Å²) in [6.07, 6.45) is 4.15. The summed E-state index contributed by atoms with van der Waals surface area (Å²) in [4.78, 5) is 17.4. The van der Waals surface area contributed by atoms with E-state index in [2.05, 4.69) is 35.3 Å². The van der Waals surface area contributed by atoms with E-state index in [9.17, 15) is 4.79 Å². The number of anilines is 1. The SMILES string of the molecule is CCOc1ccc([C@H]2[C@@H]3C(=O)CC(C)(C)C=C3Nc3ncnn32)cc1OC. The van der Waals surface area contributed by atoms with Crippen molar-refractivity contribution in [3.05, 3.63) is 41.9 Å². The van der Waals surface area contributed by atoms with Crippen molar-refractivity contribution < 1.29 is 14.3 Å². The number of ketones is 1. The molecule has 0 amide bonds. The fourth-order valence-electron chi connectivity index (χ4n) is 4.04. The van der Waals surface area contributed by atoms with Crippen LogP contribution >= 0.6 is 0 Å². The number of carbonyl (C=O) groups excluding carboxylic acids is 1. The molecule has 1 aliphatic carbocycles. The van der Waals surface area contributed by atoms with Crippen LogP contribution in [0, 0.1) is 11.3 Å². The Morgan fingerprint density at radius 2 is 2.15 bits per heavy atom. The summed E-state index contributed by atoms with van der Waals surface area (Å²) < 4.78 is 12.9. The third-order valence-corrected chi connectivity index (χ3v) is 5.10. The minimum Gasteiger partial charge on any atom is -0.493 e. The van der Waals surface area contributed by atoms with Crippen molar-refractivity contribution >= 4 is 11.7 Å². The number of Topliss-reactive ketones (excluding diaryl/α,β-unsaturated/α-hetero) is 1. The van der Waals surface area contributed by atoms with Crippen LogP contribution in [0.15, 0.2) is 36.3 Å². The molecular weight excluding hydrogens is 344 g/mol. The van der Waals surface area contributed by atoms with Crippen molar-refractivity contribution in [3.8, 4) is 11.5 Å². The number of hydrogen-bond donors (Lipinski definition) is 1. The van der Waals surface area contributed by atoms with E-state index in [-0.39, 0.29) is 23.2 Å². The van der Waals surface area contributed by atoms with Gasteiger partial charge in [-0.1, -0.05) is 26.0 Å². The summed E-state index contributed by atoms with van der Waals surface area (Å²) in [7, 11) is 1.62. The molecular formula is C20H24N4O3. The Morgan fingerprint density at radius 1 is 1.33 bits per heavy atom. The van der Waals surface area contributed by atoms with Gasteiger partial charge in [-0.2, -0.15) is 10.1 Å². The predicted octanol–water partition coefficient (Wildman–Crippen LogP) is 3.20. The van der Waals surface area contributed by atoms with Crippen molar-refractivity contribution in [1.82, 2.24) is 14.8 Å². The topological polar surface area (TPSA) is 78.3 Å². The first-order valence-electron chi connectivity index (χ1n) is 9.16. The number of carbonyl (C=O) groups is 1. The van der Waals surface area contributed by atoms with E-state index in [1.54, 1.807) is 11.8 Å². The van der Waals surface area contributed by atoms with Crippen LogP contribution < -0.4 is 14.8 Å². The Bertz CT molecular complexity index is 916. The summed E-state index contributed by atoms with van der Waals surface area (Å²) in [6.45, 7) is 6.63. The van der Waals surface area contributed by atoms with Gasteiger partial charge in [-0.25, -0.2) is 4.68 Å². The molecule has 1 aromatic heterocycles. The molecule has 0 bridgehead atoms. The Hall–Kier alpha value is -2.83. The van der Waals surface area contributed by atoms with Gasteiger partial charge < -0.3 is 14.8 Å². The van der Waals surface area contributed by atoms with E-state index in [0.29, 0.717) is 30.5 Å². The molecule has 7 heteroatoms. The molecule has 0 spiro atoms. The largest absolute Gasteiger partial charge is 0.493 e. The van der Waals surface area contributed by atoms with Crippen LogP contribution in [0.5, 0.6) is 11.5 Å². The summed E-state index contributed by atoms with van der Waals surface area (Å²) in [5.41, 5.74) is 1.65. The minimum atomic E-state index is -0.324. The summed E-state index contributed by atoms with van der Waals surface area (Å²) >= 11 is 0. The maximum atomic E-state index is 13.1. The molecule has 2 atom stereocenters. The maximum Gasteiger partial charge on any atom is 0.226 e. The lowest BCUT2D eigenvalue weighted by atomic mass is 9.72. The van der Waals surface area contributed by atoms with E-state index in [1.165, 1.54) is 6.33 Å². The van der Waals surface area contributed by atoms with Gasteiger partial charge in [0.1, 0.15) is 12.1 Å². The zero-order valence-electron chi connectivity index (χ0n) is 16.0. The van der Waals surface area contributed by atoms with Gasteiger partial charge >= 0.3 is 0 Å². The number of ether oxygens (including phenoxy) is 2. The number of fused-ring (bicyclic) bond motifs is 2. The van der Waals surface area contributed by atoms with E-state index in [0.717, 1.165) is 11.3 Å². The van der Waals surface area contributed by atoms with E-state index in [1.807, 2.05) is 25.1 Å². The first kappa shape index (κ1) is 17.6. The number of aromatic nitrogens is 3. The van der Waals surface area contributed by atoms with Crippen molar-refractivity contribution in [2.45, 2.75) is 33.2 Å². The second-order valence-corrected chi connectivity index (χ2v) is 7.65. The van der Waals surface area contributed by atoms with E-state index < -0.39 is 0 Å². The maximum absolute atomic E-state index is 13.1. The molecule has 142 valence electrons. The van der Waals surface area contributed by atoms with Crippen LogP contribution in [-0.2, 0) is 4.79 Å². The van der Waals surface area contributed by atoms with Crippen molar-refractivity contribution in [1.29, 1.82) is 0 Å². The average molecular weight is 368 g/mol. The van der Waals surface area contributed by atoms with Gasteiger partial charge in [-0.15, -0.1) is 0 Å². The molecule has 0 saturated carbocycles. The lowest BCUT2D eigenvalue weighted by molar-refractivity contribution is -0.125. The van der Waals surface area contributed by atoms with Crippen molar-refractivity contribution in [2.24, 2.45) is 11.3 Å². The second-order valence-electron chi connectivity index (χ2n) is 7.65. The number of nitrogens with zero attached hydrogens (tertiary/aromatic N) is 3. The third-order valence-electron chi connectivity index (χ3n) is 5.10. The first-order chi connectivity index (χ1) is 12.9. The normalized spacial score (nSPS) is 23.0. The first-order valence-corrected chi connectivity index (χ1v) is 9.16. The van der Waals surface area contributed by atoms with E-state index >= 15 is 0 Å². The lowest BCUT2D eigenvalue weighted by Crippen LogP contribution is -2.42. The Kier molecular flexibility index (Phi) is 4.17. The summed E-state index contributed by atoms with van der Waals surface area (Å²) in [5.74, 6) is 1.84. The number of benzene rings is 1. The molecule has 1 aromatic carbocycles. The molecule has 0 fully saturated rings. The van der Waals surface area contributed by atoms with Gasteiger partial charge in [0.05, 0.1) is 25.7 Å². The van der Waals surface area contributed by atoms with E-state index in [4.69, 9.17) is 9.47 Å². The fraction of sp³-hybridized carbons (Fsp3) is 0.450. The minimum absolute atomic E-state index is 0.181. The van der Waals surface area contributed by atoms with Gasteiger partial charge in [0.25, 0.3) is 0 Å². The van der Waals surface area contributed by atoms with Crippen LogP contribution in [0.4, 0.5) is 5.95 Å². The van der Waals surface area contributed by atoms with Crippen LogP contribution in [0.2, 0.25) is 0 Å². The van der Waals surface area contributed by atoms with Gasteiger partial charge in [0.2, 0.25) is 5.95 Å². The summed E-state index contributed by atoms with van der Waals surface area (Å²) in [5, 5.41) is 7.68. The molecule has 27 heavy (non-hydrogen) atoms. The predicted molar refractivity (Wildman–Crippen MR) is 101 cm³/mol. The zero-order valence-corrected chi connectivity index (χ0v) is 16.0.